The zero-order valence-corrected chi connectivity index (χ0v) is 7.58. The lowest BCUT2D eigenvalue weighted by molar-refractivity contribution is 0.120. The van der Waals surface area contributed by atoms with Crippen LogP contribution in [0.5, 0.6) is 5.75 Å². The molecule has 0 spiro atoms. The number of ether oxygens (including phenoxy) is 1. The zero-order valence-electron chi connectivity index (χ0n) is 7.58. The molecule has 2 rings (SSSR count). The van der Waals surface area contributed by atoms with Crippen LogP contribution in [0.2, 0.25) is 0 Å². The van der Waals surface area contributed by atoms with E-state index in [2.05, 4.69) is 5.32 Å². The number of fused-ring (bicyclic) bond motifs is 1. The maximum Gasteiger partial charge on any atom is 0.143 e. The second kappa shape index (κ2) is 3.26. The van der Waals surface area contributed by atoms with E-state index in [1.54, 1.807) is 0 Å². The van der Waals surface area contributed by atoms with Crippen molar-refractivity contribution in [3.63, 3.8) is 0 Å². The van der Waals surface area contributed by atoms with Crippen LogP contribution in [-0.2, 0) is 0 Å². The van der Waals surface area contributed by atoms with Crippen molar-refractivity contribution >= 4 is 5.69 Å². The molecule has 0 bridgehead atoms. The molecule has 2 N–H and O–H groups in total. The van der Waals surface area contributed by atoms with Gasteiger partial charge in [-0.1, -0.05) is 6.07 Å². The topological polar surface area (TPSA) is 41.5 Å². The Morgan fingerprint density at radius 1 is 1.62 bits per heavy atom. The molecule has 13 heavy (non-hydrogen) atoms. The number of rotatable bonds is 1. The van der Waals surface area contributed by atoms with Crippen LogP contribution in [0, 0.1) is 6.92 Å². The molecule has 0 aromatic heterocycles. The summed E-state index contributed by atoms with van der Waals surface area (Å²) in [6.45, 7) is 2.75. The van der Waals surface area contributed by atoms with E-state index < -0.39 is 0 Å². The van der Waals surface area contributed by atoms with Gasteiger partial charge in [0.05, 0.1) is 18.8 Å². The lowest BCUT2D eigenvalue weighted by Gasteiger charge is -2.26. The molecule has 0 aliphatic carbocycles. The van der Waals surface area contributed by atoms with Gasteiger partial charge in [0.25, 0.3) is 0 Å². The number of aliphatic hydroxyl groups excluding tert-OH is 1. The Balaban J connectivity index is 2.27. The molecule has 0 amide bonds. The maximum absolute atomic E-state index is 8.92. The third kappa shape index (κ3) is 1.60. The predicted molar refractivity (Wildman–Crippen MR) is 51.2 cm³/mol. The highest BCUT2D eigenvalue weighted by Gasteiger charge is 2.17. The summed E-state index contributed by atoms with van der Waals surface area (Å²) in [5.74, 6) is 0.838. The van der Waals surface area contributed by atoms with Gasteiger partial charge >= 0.3 is 0 Å². The molecule has 0 fully saturated rings. The molecule has 3 heteroatoms. The van der Waals surface area contributed by atoms with Crippen molar-refractivity contribution in [1.82, 2.24) is 0 Å². The molecular weight excluding hydrogens is 166 g/mol. The fourth-order valence-electron chi connectivity index (χ4n) is 1.42. The quantitative estimate of drug-likeness (QED) is 0.679. The number of aryl methyl sites for hydroxylation is 1. The Kier molecular flexibility index (Phi) is 2.10. The van der Waals surface area contributed by atoms with Gasteiger partial charge in [-0.05, 0) is 24.6 Å². The molecule has 70 valence electrons. The first-order valence-electron chi connectivity index (χ1n) is 4.41. The first-order chi connectivity index (χ1) is 6.29. The van der Waals surface area contributed by atoms with Gasteiger partial charge in [-0.2, -0.15) is 0 Å². The molecule has 0 radical (unpaired) electrons. The van der Waals surface area contributed by atoms with Gasteiger partial charge in [0, 0.05) is 0 Å². The summed E-state index contributed by atoms with van der Waals surface area (Å²) >= 11 is 0. The fraction of sp³-hybridized carbons (Fsp3) is 0.400. The highest BCUT2D eigenvalue weighted by molar-refractivity contribution is 5.59. The van der Waals surface area contributed by atoms with Crippen LogP contribution >= 0.6 is 0 Å². The van der Waals surface area contributed by atoms with Gasteiger partial charge in [-0.3, -0.25) is 0 Å². The summed E-state index contributed by atoms with van der Waals surface area (Å²) in [6.07, 6.45) is -0.116. The average Bonchev–Trinajstić information content (AvgIpc) is 2.16. The molecule has 0 saturated carbocycles. The van der Waals surface area contributed by atoms with E-state index in [0.717, 1.165) is 11.4 Å². The molecule has 1 atom stereocenters. The normalized spacial score (nSPS) is 20.0. The van der Waals surface area contributed by atoms with E-state index in [1.165, 1.54) is 5.56 Å². The molecule has 1 unspecified atom stereocenters. The van der Waals surface area contributed by atoms with Crippen LogP contribution < -0.4 is 10.1 Å². The minimum atomic E-state index is -0.116. The minimum absolute atomic E-state index is 0.0559. The summed E-state index contributed by atoms with van der Waals surface area (Å²) in [6, 6.07) is 6.01. The Morgan fingerprint density at radius 3 is 3.23 bits per heavy atom. The monoisotopic (exact) mass is 179 g/mol. The van der Waals surface area contributed by atoms with Crippen molar-refractivity contribution in [3.05, 3.63) is 23.8 Å². The molecule has 1 heterocycles. The summed E-state index contributed by atoms with van der Waals surface area (Å²) < 4.78 is 5.55. The van der Waals surface area contributed by atoms with E-state index in [4.69, 9.17) is 9.84 Å². The smallest absolute Gasteiger partial charge is 0.143 e. The minimum Gasteiger partial charge on any atom is -0.484 e. The van der Waals surface area contributed by atoms with Crippen molar-refractivity contribution in [3.8, 4) is 5.75 Å². The van der Waals surface area contributed by atoms with E-state index in [-0.39, 0.29) is 12.7 Å². The summed E-state index contributed by atoms with van der Waals surface area (Å²) in [4.78, 5) is 0. The molecule has 1 aliphatic heterocycles. The van der Waals surface area contributed by atoms with Crippen molar-refractivity contribution in [2.24, 2.45) is 0 Å². The second-order valence-electron chi connectivity index (χ2n) is 3.30. The number of hydrogen-bond acceptors (Lipinski definition) is 3. The van der Waals surface area contributed by atoms with Crippen LogP contribution in [0.4, 0.5) is 5.69 Å². The van der Waals surface area contributed by atoms with E-state index >= 15 is 0 Å². The summed E-state index contributed by atoms with van der Waals surface area (Å²) in [5, 5.41) is 12.1. The van der Waals surface area contributed by atoms with Crippen molar-refractivity contribution in [2.75, 3.05) is 18.5 Å². The van der Waals surface area contributed by atoms with Crippen LogP contribution in [0.25, 0.3) is 0 Å². The van der Waals surface area contributed by atoms with Gasteiger partial charge in [0.2, 0.25) is 0 Å². The second-order valence-corrected chi connectivity index (χ2v) is 3.30. The van der Waals surface area contributed by atoms with Crippen LogP contribution in [0.15, 0.2) is 18.2 Å². The average molecular weight is 179 g/mol. The Bertz CT molecular complexity index is 312. The molecule has 3 nitrogen and oxygen atoms in total. The predicted octanol–water partition coefficient (Wildman–Crippen LogP) is 1.16. The largest absolute Gasteiger partial charge is 0.484 e. The first kappa shape index (κ1) is 8.38. The number of nitrogens with one attached hydrogen (secondary N) is 1. The maximum atomic E-state index is 8.92. The van der Waals surface area contributed by atoms with Gasteiger partial charge in [0.15, 0.2) is 0 Å². The number of aliphatic hydroxyl groups is 1. The molecule has 0 saturated heterocycles. The number of hydrogen-bond donors (Lipinski definition) is 2. The third-order valence-corrected chi connectivity index (χ3v) is 2.15. The van der Waals surface area contributed by atoms with Gasteiger partial charge in [0.1, 0.15) is 11.9 Å². The zero-order chi connectivity index (χ0) is 9.26. The van der Waals surface area contributed by atoms with Gasteiger partial charge < -0.3 is 15.2 Å². The lowest BCUT2D eigenvalue weighted by atomic mass is 10.2. The Labute approximate surface area is 77.3 Å². The fourth-order valence-corrected chi connectivity index (χ4v) is 1.42. The Hall–Kier alpha value is -1.22. The molecular formula is C10H13NO2. The highest BCUT2D eigenvalue weighted by atomic mass is 16.5. The number of benzene rings is 1. The Morgan fingerprint density at radius 2 is 2.46 bits per heavy atom. The van der Waals surface area contributed by atoms with Crippen molar-refractivity contribution in [2.45, 2.75) is 13.0 Å². The van der Waals surface area contributed by atoms with E-state index in [0.29, 0.717) is 6.54 Å². The van der Waals surface area contributed by atoms with Gasteiger partial charge in [-0.25, -0.2) is 0 Å². The summed E-state index contributed by atoms with van der Waals surface area (Å²) in [5.41, 5.74) is 2.18. The molecule has 1 aromatic carbocycles. The van der Waals surface area contributed by atoms with Crippen LogP contribution in [0.3, 0.4) is 0 Å². The van der Waals surface area contributed by atoms with Gasteiger partial charge in [-0.15, -0.1) is 0 Å². The SMILES string of the molecule is Cc1ccc2c(c1)OC(CO)CN2. The number of anilines is 1. The molecule has 1 aliphatic rings. The van der Waals surface area contributed by atoms with Crippen molar-refractivity contribution in [1.29, 1.82) is 0 Å². The first-order valence-corrected chi connectivity index (χ1v) is 4.41. The lowest BCUT2D eigenvalue weighted by Crippen LogP contribution is -2.33. The van der Waals surface area contributed by atoms with E-state index in [1.807, 2.05) is 25.1 Å². The highest BCUT2D eigenvalue weighted by Crippen LogP contribution is 2.29. The standard InChI is InChI=1S/C10H13NO2/c1-7-2-3-9-10(4-7)13-8(6-12)5-11-9/h2-4,8,11-12H,5-6H2,1H3. The van der Waals surface area contributed by atoms with E-state index in [9.17, 15) is 0 Å². The summed E-state index contributed by atoms with van der Waals surface area (Å²) in [7, 11) is 0. The van der Waals surface area contributed by atoms with Crippen molar-refractivity contribution < 1.29 is 9.84 Å². The third-order valence-electron chi connectivity index (χ3n) is 2.15. The molecule has 1 aromatic rings. The van der Waals surface area contributed by atoms with Crippen LogP contribution in [0.1, 0.15) is 5.56 Å². The van der Waals surface area contributed by atoms with Crippen LogP contribution in [-0.4, -0.2) is 24.4 Å².